The first-order valence-corrected chi connectivity index (χ1v) is 7.95. The second kappa shape index (κ2) is 8.62. The third kappa shape index (κ3) is 5.59. The number of ketones is 1. The van der Waals surface area contributed by atoms with Crippen molar-refractivity contribution in [3.8, 4) is 5.75 Å². The standard InChI is InChI=1S/C20H19NO5/c1-13(20(24)25)26-18-10-6-16(7-11-18)19(23)12-5-15-3-8-17(9-4-15)21-14(2)22/h3-13H,1-2H3,(H,21,22)(H,24,25)/b12-5+. The molecular weight excluding hydrogens is 334 g/mol. The smallest absolute Gasteiger partial charge is 0.344 e. The number of carbonyl (C=O) groups is 3. The lowest BCUT2D eigenvalue weighted by atomic mass is 10.1. The average molecular weight is 353 g/mol. The van der Waals surface area contributed by atoms with Crippen molar-refractivity contribution >= 4 is 29.4 Å². The molecule has 1 unspecified atom stereocenters. The molecule has 0 aromatic heterocycles. The third-order valence-electron chi connectivity index (χ3n) is 3.46. The van der Waals surface area contributed by atoms with Gasteiger partial charge in [-0.15, -0.1) is 0 Å². The van der Waals surface area contributed by atoms with Crippen LogP contribution in [0.15, 0.2) is 54.6 Å². The third-order valence-corrected chi connectivity index (χ3v) is 3.46. The van der Waals surface area contributed by atoms with Crippen molar-refractivity contribution < 1.29 is 24.2 Å². The molecule has 0 spiro atoms. The van der Waals surface area contributed by atoms with Gasteiger partial charge in [-0.2, -0.15) is 0 Å². The number of rotatable bonds is 7. The van der Waals surface area contributed by atoms with E-state index in [-0.39, 0.29) is 11.7 Å². The van der Waals surface area contributed by atoms with Crippen LogP contribution in [0.5, 0.6) is 5.75 Å². The number of carbonyl (C=O) groups excluding carboxylic acids is 2. The number of carboxylic acids is 1. The highest BCUT2D eigenvalue weighted by Crippen LogP contribution is 2.16. The van der Waals surface area contributed by atoms with E-state index in [1.54, 1.807) is 54.6 Å². The summed E-state index contributed by atoms with van der Waals surface area (Å²) in [5.41, 5.74) is 1.97. The SMILES string of the molecule is CC(=O)Nc1ccc(/C=C/C(=O)c2ccc(OC(C)C(=O)O)cc2)cc1. The molecule has 6 nitrogen and oxygen atoms in total. The number of carboxylic acid groups (broad SMARTS) is 1. The molecule has 0 aliphatic carbocycles. The van der Waals surface area contributed by atoms with E-state index in [1.807, 2.05) is 0 Å². The average Bonchev–Trinajstić information content (AvgIpc) is 2.61. The van der Waals surface area contributed by atoms with Crippen LogP contribution in [0.2, 0.25) is 0 Å². The number of aliphatic carboxylic acids is 1. The van der Waals surface area contributed by atoms with Crippen molar-refractivity contribution in [2.75, 3.05) is 5.32 Å². The molecule has 2 aromatic carbocycles. The van der Waals surface area contributed by atoms with Crippen LogP contribution in [-0.2, 0) is 9.59 Å². The van der Waals surface area contributed by atoms with Crippen LogP contribution in [0.4, 0.5) is 5.69 Å². The Morgan fingerprint density at radius 1 is 1.04 bits per heavy atom. The fourth-order valence-electron chi connectivity index (χ4n) is 2.10. The summed E-state index contributed by atoms with van der Waals surface area (Å²) in [6.45, 7) is 2.87. The second-order valence-electron chi connectivity index (χ2n) is 5.62. The van der Waals surface area contributed by atoms with Crippen LogP contribution in [0.25, 0.3) is 6.08 Å². The Labute approximate surface area is 151 Å². The van der Waals surface area contributed by atoms with Gasteiger partial charge in [0, 0.05) is 18.2 Å². The molecule has 0 radical (unpaired) electrons. The lowest BCUT2D eigenvalue weighted by molar-refractivity contribution is -0.144. The summed E-state index contributed by atoms with van der Waals surface area (Å²) < 4.78 is 5.22. The van der Waals surface area contributed by atoms with E-state index in [9.17, 15) is 14.4 Å². The maximum absolute atomic E-state index is 12.2. The normalized spacial score (nSPS) is 11.8. The van der Waals surface area contributed by atoms with Gasteiger partial charge in [-0.3, -0.25) is 9.59 Å². The van der Waals surface area contributed by atoms with E-state index in [1.165, 1.54) is 19.9 Å². The first-order valence-electron chi connectivity index (χ1n) is 7.95. The monoisotopic (exact) mass is 353 g/mol. The summed E-state index contributed by atoms with van der Waals surface area (Å²) in [7, 11) is 0. The summed E-state index contributed by atoms with van der Waals surface area (Å²) >= 11 is 0. The molecule has 134 valence electrons. The molecular formula is C20H19NO5. The minimum atomic E-state index is -1.06. The van der Waals surface area contributed by atoms with Gasteiger partial charge >= 0.3 is 5.97 Å². The molecule has 0 fully saturated rings. The van der Waals surface area contributed by atoms with Crippen molar-refractivity contribution in [2.24, 2.45) is 0 Å². The predicted octanol–water partition coefficient (Wildman–Crippen LogP) is 3.39. The van der Waals surface area contributed by atoms with Crippen molar-refractivity contribution in [1.29, 1.82) is 0 Å². The number of allylic oxidation sites excluding steroid dienone is 1. The van der Waals surface area contributed by atoms with Crippen molar-refractivity contribution in [3.63, 3.8) is 0 Å². The number of nitrogens with one attached hydrogen (secondary N) is 1. The summed E-state index contributed by atoms with van der Waals surface area (Å²) in [4.78, 5) is 33.9. The van der Waals surface area contributed by atoms with Gasteiger partial charge in [0.1, 0.15) is 5.75 Å². The first kappa shape index (κ1) is 18.9. The molecule has 0 saturated carbocycles. The molecule has 1 atom stereocenters. The van der Waals surface area contributed by atoms with E-state index in [0.29, 0.717) is 17.0 Å². The Morgan fingerprint density at radius 2 is 1.65 bits per heavy atom. The molecule has 0 aliphatic rings. The predicted molar refractivity (Wildman–Crippen MR) is 98.3 cm³/mol. The van der Waals surface area contributed by atoms with Crippen molar-refractivity contribution in [1.82, 2.24) is 0 Å². The Kier molecular flexibility index (Phi) is 6.27. The molecule has 0 bridgehead atoms. The summed E-state index contributed by atoms with van der Waals surface area (Å²) in [6.07, 6.45) is 2.16. The van der Waals surface area contributed by atoms with E-state index in [2.05, 4.69) is 5.32 Å². The Bertz CT molecular complexity index is 822. The van der Waals surface area contributed by atoms with Crippen LogP contribution in [0.1, 0.15) is 29.8 Å². The molecule has 0 aliphatic heterocycles. The van der Waals surface area contributed by atoms with Gasteiger partial charge < -0.3 is 15.2 Å². The van der Waals surface area contributed by atoms with Gasteiger partial charge in [-0.05, 0) is 55.0 Å². The van der Waals surface area contributed by atoms with Gasteiger partial charge in [0.15, 0.2) is 11.9 Å². The van der Waals surface area contributed by atoms with Gasteiger partial charge in [0.05, 0.1) is 0 Å². The molecule has 2 aromatic rings. The maximum Gasteiger partial charge on any atom is 0.344 e. The Hall–Kier alpha value is -3.41. The summed E-state index contributed by atoms with van der Waals surface area (Å²) in [6, 6.07) is 13.4. The largest absolute Gasteiger partial charge is 0.479 e. The number of benzene rings is 2. The lowest BCUT2D eigenvalue weighted by Gasteiger charge is -2.10. The fraction of sp³-hybridized carbons (Fsp3) is 0.150. The van der Waals surface area contributed by atoms with E-state index in [0.717, 1.165) is 5.56 Å². The zero-order valence-electron chi connectivity index (χ0n) is 14.4. The minimum Gasteiger partial charge on any atom is -0.479 e. The van der Waals surface area contributed by atoms with Crippen LogP contribution in [-0.4, -0.2) is 28.9 Å². The number of hydrogen-bond acceptors (Lipinski definition) is 4. The zero-order chi connectivity index (χ0) is 19.1. The van der Waals surface area contributed by atoms with Gasteiger partial charge in [0.25, 0.3) is 0 Å². The molecule has 2 N–H and O–H groups in total. The van der Waals surface area contributed by atoms with Crippen molar-refractivity contribution in [3.05, 3.63) is 65.7 Å². The molecule has 0 heterocycles. The quantitative estimate of drug-likeness (QED) is 0.588. The molecule has 26 heavy (non-hydrogen) atoms. The topological polar surface area (TPSA) is 92.7 Å². The number of anilines is 1. The Balaban J connectivity index is 1.99. The minimum absolute atomic E-state index is 0.145. The number of hydrogen-bond donors (Lipinski definition) is 2. The molecule has 2 rings (SSSR count). The number of amides is 1. The van der Waals surface area contributed by atoms with Gasteiger partial charge in [-0.1, -0.05) is 18.2 Å². The van der Waals surface area contributed by atoms with E-state index in [4.69, 9.17) is 9.84 Å². The van der Waals surface area contributed by atoms with E-state index >= 15 is 0 Å². The highest BCUT2D eigenvalue weighted by atomic mass is 16.5. The highest BCUT2D eigenvalue weighted by Gasteiger charge is 2.12. The molecule has 0 saturated heterocycles. The molecule has 6 heteroatoms. The van der Waals surface area contributed by atoms with E-state index < -0.39 is 12.1 Å². The van der Waals surface area contributed by atoms with Crippen LogP contribution in [0.3, 0.4) is 0 Å². The fourth-order valence-corrected chi connectivity index (χ4v) is 2.10. The van der Waals surface area contributed by atoms with Gasteiger partial charge in [0.2, 0.25) is 5.91 Å². The highest BCUT2D eigenvalue weighted by molar-refractivity contribution is 6.06. The Morgan fingerprint density at radius 3 is 2.19 bits per heavy atom. The van der Waals surface area contributed by atoms with Crippen LogP contribution in [0, 0.1) is 0 Å². The maximum atomic E-state index is 12.2. The lowest BCUT2D eigenvalue weighted by Crippen LogP contribution is -2.22. The molecule has 1 amide bonds. The second-order valence-corrected chi connectivity index (χ2v) is 5.62. The summed E-state index contributed by atoms with van der Waals surface area (Å²) in [5.74, 6) is -1.01. The number of ether oxygens (including phenoxy) is 1. The van der Waals surface area contributed by atoms with Crippen LogP contribution < -0.4 is 10.1 Å². The van der Waals surface area contributed by atoms with Crippen LogP contribution >= 0.6 is 0 Å². The van der Waals surface area contributed by atoms with Crippen molar-refractivity contribution in [2.45, 2.75) is 20.0 Å². The van der Waals surface area contributed by atoms with Gasteiger partial charge in [-0.25, -0.2) is 4.79 Å². The first-order chi connectivity index (χ1) is 12.3. The zero-order valence-corrected chi connectivity index (χ0v) is 14.4. The summed E-state index contributed by atoms with van der Waals surface area (Å²) in [5, 5.41) is 11.5.